The second-order valence-electron chi connectivity index (χ2n) is 16.9. The molecule has 0 atom stereocenters. The van der Waals surface area contributed by atoms with Gasteiger partial charge < -0.3 is 82.9 Å². The van der Waals surface area contributed by atoms with Gasteiger partial charge >= 0.3 is 12.2 Å². The van der Waals surface area contributed by atoms with Gasteiger partial charge in [0.25, 0.3) is 11.8 Å². The number of hydrogen-bond acceptors (Lipinski definition) is 22. The smallest absolute Gasteiger partial charge is 0.407 e. The minimum atomic E-state index is -0.691. The average molecular weight is 1160 g/mol. The van der Waals surface area contributed by atoms with Crippen LogP contribution in [-0.4, -0.2) is 161 Å². The van der Waals surface area contributed by atoms with Crippen LogP contribution in [0.2, 0.25) is 10.3 Å². The number of ether oxygens (including phenoxy) is 8. The van der Waals surface area contributed by atoms with Crippen molar-refractivity contribution in [3.05, 3.63) is 81.4 Å². The molecule has 0 aliphatic heterocycles. The quantitative estimate of drug-likeness (QED) is 0.0176. The second-order valence-corrected chi connectivity index (χ2v) is 17.6. The number of carbonyl (C=O) groups excluding carboxylic acids is 4. The Morgan fingerprint density at radius 2 is 0.800 bits per heavy atom. The van der Waals surface area contributed by atoms with Crippen molar-refractivity contribution in [1.82, 2.24) is 41.2 Å². The predicted octanol–water partition coefficient (Wildman–Crippen LogP) is 2.79. The summed E-state index contributed by atoms with van der Waals surface area (Å²) in [5.74, 6) is -0.598. The van der Waals surface area contributed by atoms with Crippen LogP contribution in [0.15, 0.2) is 58.5 Å². The van der Waals surface area contributed by atoms with Gasteiger partial charge in [0.1, 0.15) is 37.9 Å². The van der Waals surface area contributed by atoms with Crippen molar-refractivity contribution in [3.8, 4) is 11.5 Å². The van der Waals surface area contributed by atoms with Crippen LogP contribution in [0.25, 0.3) is 0 Å². The molecule has 28 nitrogen and oxygen atoms in total. The van der Waals surface area contributed by atoms with Gasteiger partial charge in [0, 0.05) is 26.2 Å². The molecule has 0 aliphatic carbocycles. The molecule has 0 fully saturated rings. The first kappa shape index (κ1) is 64.8. The number of aliphatic imine (C=N–C) groups is 2. The topological polar surface area (TPSA) is 423 Å². The van der Waals surface area contributed by atoms with Crippen LogP contribution >= 0.6 is 23.2 Å². The SMILES string of the molecule is NC(=NCCCCc1ccc(OCCOCCOCCOC(=O)NCCCCNC(=O)OCCOCCOCCOc2ccc(CCCCN=C(N)NC(=O)c3nc(Cl)c(N)nc3N)cc2)cc1)NC(=O)c1nc(Cl)c(N)nc1N. The van der Waals surface area contributed by atoms with Gasteiger partial charge in [-0.3, -0.25) is 30.2 Å². The number of nitrogen functional groups attached to an aromatic ring is 4. The van der Waals surface area contributed by atoms with Gasteiger partial charge in [0.05, 0.1) is 52.9 Å². The summed E-state index contributed by atoms with van der Waals surface area (Å²) < 4.78 is 43.7. The molecule has 2 aromatic carbocycles. The lowest BCUT2D eigenvalue weighted by Crippen LogP contribution is -2.38. The maximum atomic E-state index is 12.3. The Labute approximate surface area is 473 Å². The van der Waals surface area contributed by atoms with E-state index in [4.69, 9.17) is 95.5 Å². The summed E-state index contributed by atoms with van der Waals surface area (Å²) in [5.41, 5.74) is 36.0. The zero-order chi connectivity index (χ0) is 57.7. The summed E-state index contributed by atoms with van der Waals surface area (Å²) in [5, 5.41) is 9.85. The molecule has 0 unspecified atom stereocenters. The number of hydrogen-bond donors (Lipinski definition) is 10. The molecule has 0 aliphatic rings. The van der Waals surface area contributed by atoms with Crippen molar-refractivity contribution in [1.29, 1.82) is 0 Å². The number of amides is 4. The van der Waals surface area contributed by atoms with E-state index < -0.39 is 24.0 Å². The molecular formula is C50H72Cl2N16O12. The van der Waals surface area contributed by atoms with Crippen molar-refractivity contribution < 1.29 is 57.1 Å². The third-order valence-electron chi connectivity index (χ3n) is 10.7. The minimum Gasteiger partial charge on any atom is -0.491 e. The Morgan fingerprint density at radius 1 is 0.450 bits per heavy atom. The van der Waals surface area contributed by atoms with Gasteiger partial charge in [-0.15, -0.1) is 0 Å². The molecule has 0 saturated heterocycles. The molecule has 2 aromatic heterocycles. The van der Waals surface area contributed by atoms with E-state index in [2.05, 4.69) is 51.2 Å². The van der Waals surface area contributed by atoms with Crippen LogP contribution < -0.4 is 65.1 Å². The number of nitrogens with one attached hydrogen (secondary N) is 4. The number of carbonyl (C=O) groups is 4. The van der Waals surface area contributed by atoms with E-state index in [-0.39, 0.29) is 83.3 Å². The van der Waals surface area contributed by atoms with E-state index in [0.29, 0.717) is 91.9 Å². The van der Waals surface area contributed by atoms with Gasteiger partial charge in [-0.25, -0.2) is 29.5 Å². The Morgan fingerprint density at radius 3 is 1.18 bits per heavy atom. The molecule has 4 rings (SSSR count). The van der Waals surface area contributed by atoms with Crippen LogP contribution in [0, 0.1) is 0 Å². The molecular weight excluding hydrogens is 1090 g/mol. The van der Waals surface area contributed by atoms with Crippen LogP contribution in [0.5, 0.6) is 11.5 Å². The molecule has 4 aromatic rings. The molecule has 0 bridgehead atoms. The molecule has 80 heavy (non-hydrogen) atoms. The Balaban J connectivity index is 0.846. The summed E-state index contributed by atoms with van der Waals surface area (Å²) in [7, 11) is 0. The highest BCUT2D eigenvalue weighted by Gasteiger charge is 2.18. The highest BCUT2D eigenvalue weighted by Crippen LogP contribution is 2.19. The third-order valence-corrected chi connectivity index (χ3v) is 11.2. The van der Waals surface area contributed by atoms with Crippen LogP contribution in [0.1, 0.15) is 70.6 Å². The number of aromatic nitrogens is 4. The standard InChI is InChI=1S/C50H72Cl2N16O12/c51-39-43(55)65-41(53)37(63-39)45(69)67-47(57)59-17-3-1-7-33-9-13-35(14-10-33)77-29-25-73-21-23-75-27-31-79-49(71)61-19-5-6-20-62-50(72)80-32-28-76-24-22-74-26-30-78-36-15-11-34(12-16-36)8-2-4-18-60-48(58)68-46(70)38-42(54)66-44(56)40(52)64-38/h9-16H,1-8,17-32H2,(H,61,71)(H,62,72)(H4,53,55,65)(H4,54,56,66)(H3,57,59,67,69)(H3,58,60,68,70). The van der Waals surface area contributed by atoms with Crippen molar-refractivity contribution >= 4 is 82.4 Å². The number of alkyl carbamates (subject to hydrolysis) is 2. The number of unbranched alkanes of at least 4 members (excludes halogenated alkanes) is 3. The summed E-state index contributed by atoms with van der Waals surface area (Å²) in [6, 6.07) is 15.6. The zero-order valence-corrected chi connectivity index (χ0v) is 45.9. The van der Waals surface area contributed by atoms with Crippen molar-refractivity contribution in [2.45, 2.75) is 51.4 Å². The third kappa shape index (κ3) is 27.2. The van der Waals surface area contributed by atoms with Gasteiger partial charge in [-0.2, -0.15) is 0 Å². The van der Waals surface area contributed by atoms with E-state index in [0.717, 1.165) is 61.2 Å². The molecule has 0 saturated carbocycles. The van der Waals surface area contributed by atoms with E-state index in [1.54, 1.807) is 0 Å². The van der Waals surface area contributed by atoms with E-state index in [9.17, 15) is 19.2 Å². The van der Waals surface area contributed by atoms with Crippen LogP contribution in [-0.2, 0) is 41.3 Å². The molecule has 438 valence electrons. The molecule has 0 radical (unpaired) electrons. The Kier molecular flexibility index (Phi) is 30.7. The van der Waals surface area contributed by atoms with Crippen LogP contribution in [0.3, 0.4) is 0 Å². The summed E-state index contributed by atoms with van der Waals surface area (Å²) >= 11 is 11.6. The number of aryl methyl sites for hydroxylation is 2. The molecule has 2 heterocycles. The first-order chi connectivity index (χ1) is 38.7. The number of halogens is 2. The lowest BCUT2D eigenvalue weighted by Gasteiger charge is -2.10. The van der Waals surface area contributed by atoms with E-state index >= 15 is 0 Å². The summed E-state index contributed by atoms with van der Waals surface area (Å²) in [6.07, 6.45) is 4.96. The Hall–Kier alpha value is -7.76. The molecule has 4 amide bonds. The lowest BCUT2D eigenvalue weighted by molar-refractivity contribution is 0.0207. The highest BCUT2D eigenvalue weighted by molar-refractivity contribution is 6.32. The van der Waals surface area contributed by atoms with Crippen molar-refractivity contribution in [2.24, 2.45) is 21.5 Å². The second kappa shape index (κ2) is 37.9. The minimum absolute atomic E-state index is 0.0753. The first-order valence-electron chi connectivity index (χ1n) is 25.6. The highest BCUT2D eigenvalue weighted by atomic mass is 35.5. The monoisotopic (exact) mass is 1160 g/mol. The maximum absolute atomic E-state index is 12.3. The number of nitrogens with zero attached hydrogens (tertiary/aromatic N) is 6. The lowest BCUT2D eigenvalue weighted by atomic mass is 10.1. The van der Waals surface area contributed by atoms with Gasteiger partial charge in [-0.1, -0.05) is 47.5 Å². The molecule has 0 spiro atoms. The number of nitrogens with two attached hydrogens (primary N) is 6. The van der Waals surface area contributed by atoms with E-state index in [1.165, 1.54) is 0 Å². The van der Waals surface area contributed by atoms with E-state index in [1.807, 2.05) is 48.5 Å². The predicted molar refractivity (Wildman–Crippen MR) is 301 cm³/mol. The number of guanidine groups is 2. The fourth-order valence-corrected chi connectivity index (χ4v) is 6.89. The summed E-state index contributed by atoms with van der Waals surface area (Å²) in [4.78, 5) is 72.1. The largest absolute Gasteiger partial charge is 0.491 e. The normalized spacial score (nSPS) is 11.4. The number of rotatable bonds is 37. The van der Waals surface area contributed by atoms with Crippen molar-refractivity contribution in [2.75, 3.05) is 128 Å². The maximum Gasteiger partial charge on any atom is 0.407 e. The molecule has 16 N–H and O–H groups in total. The zero-order valence-electron chi connectivity index (χ0n) is 44.4. The van der Waals surface area contributed by atoms with Crippen LogP contribution in [0.4, 0.5) is 32.9 Å². The fraction of sp³-hybridized carbons (Fsp3) is 0.480. The fourth-order valence-electron chi connectivity index (χ4n) is 6.63. The van der Waals surface area contributed by atoms with Gasteiger partial charge in [0.15, 0.2) is 56.9 Å². The number of anilines is 4. The van der Waals surface area contributed by atoms with Crippen molar-refractivity contribution in [3.63, 3.8) is 0 Å². The van der Waals surface area contributed by atoms with Gasteiger partial charge in [0.2, 0.25) is 0 Å². The Bertz CT molecular complexity index is 2410. The van der Waals surface area contributed by atoms with Gasteiger partial charge in [-0.05, 0) is 86.8 Å². The molecule has 30 heteroatoms. The average Bonchev–Trinajstić information content (AvgIpc) is 3.43. The first-order valence-corrected chi connectivity index (χ1v) is 26.4. The number of benzene rings is 2. The summed E-state index contributed by atoms with van der Waals surface area (Å²) in [6.45, 7) is 5.04.